The number of hydrogen-bond donors (Lipinski definition) is 2. The Hall–Kier alpha value is -1.28. The standard InChI is InChI=1S/C21H31N5.HI/c1-22-21(26-14-10-18(16-26)25-12-4-5-13-25)23-11-6-7-17-15-24-20-9-3-2-8-19(17)20;/h2-3,8-9,15,18,24H,4-7,10-14,16H2,1H3,(H,22,23);1H. The Labute approximate surface area is 179 Å². The number of aliphatic imine (C=N–C) groups is 1. The Bertz CT molecular complexity index is 750. The summed E-state index contributed by atoms with van der Waals surface area (Å²) in [5.74, 6) is 1.07. The molecule has 0 radical (unpaired) electrons. The molecular formula is C21H32IN5. The molecule has 1 aromatic carbocycles. The predicted octanol–water partition coefficient (Wildman–Crippen LogP) is 3.46. The molecule has 5 nitrogen and oxygen atoms in total. The van der Waals surface area contributed by atoms with Gasteiger partial charge in [-0.15, -0.1) is 24.0 Å². The fraction of sp³-hybridized carbons (Fsp3) is 0.571. The van der Waals surface area contributed by atoms with Crippen LogP contribution >= 0.6 is 24.0 Å². The van der Waals surface area contributed by atoms with Gasteiger partial charge in [-0.25, -0.2) is 0 Å². The maximum atomic E-state index is 4.52. The maximum Gasteiger partial charge on any atom is 0.193 e. The normalized spacial score (nSPS) is 21.0. The van der Waals surface area contributed by atoms with Crippen LogP contribution in [0.1, 0.15) is 31.2 Å². The van der Waals surface area contributed by atoms with Gasteiger partial charge in [0, 0.05) is 49.8 Å². The Morgan fingerprint density at radius 1 is 1.22 bits per heavy atom. The number of hydrogen-bond acceptors (Lipinski definition) is 2. The molecule has 4 rings (SSSR count). The fourth-order valence-corrected chi connectivity index (χ4v) is 4.49. The molecule has 0 aliphatic carbocycles. The van der Waals surface area contributed by atoms with Crippen molar-refractivity contribution in [3.8, 4) is 0 Å². The van der Waals surface area contributed by atoms with Crippen LogP contribution in [-0.2, 0) is 6.42 Å². The first-order valence-corrected chi connectivity index (χ1v) is 10.1. The van der Waals surface area contributed by atoms with E-state index < -0.39 is 0 Å². The number of para-hydroxylation sites is 1. The highest BCUT2D eigenvalue weighted by Gasteiger charge is 2.30. The smallest absolute Gasteiger partial charge is 0.193 e. The van der Waals surface area contributed by atoms with Crippen LogP contribution in [0.2, 0.25) is 0 Å². The molecule has 2 fully saturated rings. The first kappa shape index (κ1) is 20.5. The molecule has 2 aliphatic rings. The van der Waals surface area contributed by atoms with Crippen molar-refractivity contribution >= 4 is 40.8 Å². The third kappa shape index (κ3) is 4.77. The summed E-state index contributed by atoms with van der Waals surface area (Å²) in [5.41, 5.74) is 2.64. The van der Waals surface area contributed by atoms with E-state index in [0.717, 1.165) is 44.5 Å². The number of aryl methyl sites for hydroxylation is 1. The second-order valence-corrected chi connectivity index (χ2v) is 7.57. The van der Waals surface area contributed by atoms with Crippen LogP contribution in [0, 0.1) is 0 Å². The monoisotopic (exact) mass is 481 g/mol. The Balaban J connectivity index is 0.00000210. The molecule has 6 heteroatoms. The summed E-state index contributed by atoms with van der Waals surface area (Å²) in [6.07, 6.45) is 8.37. The average Bonchev–Trinajstić information content (AvgIpc) is 3.42. The number of likely N-dealkylation sites (tertiary alicyclic amines) is 2. The number of rotatable bonds is 5. The summed E-state index contributed by atoms with van der Waals surface area (Å²) in [7, 11) is 1.91. The largest absolute Gasteiger partial charge is 0.361 e. The second-order valence-electron chi connectivity index (χ2n) is 7.57. The van der Waals surface area contributed by atoms with E-state index in [1.165, 1.54) is 48.8 Å². The van der Waals surface area contributed by atoms with Gasteiger partial charge >= 0.3 is 0 Å². The van der Waals surface area contributed by atoms with Crippen molar-refractivity contribution in [3.05, 3.63) is 36.0 Å². The van der Waals surface area contributed by atoms with Crippen molar-refractivity contribution < 1.29 is 0 Å². The highest BCUT2D eigenvalue weighted by atomic mass is 127. The molecule has 2 N–H and O–H groups in total. The predicted molar refractivity (Wildman–Crippen MR) is 124 cm³/mol. The van der Waals surface area contributed by atoms with E-state index in [1.54, 1.807) is 0 Å². The zero-order valence-electron chi connectivity index (χ0n) is 16.3. The van der Waals surface area contributed by atoms with Gasteiger partial charge < -0.3 is 15.2 Å². The lowest BCUT2D eigenvalue weighted by Crippen LogP contribution is -2.43. The number of nitrogens with one attached hydrogen (secondary N) is 2. The van der Waals surface area contributed by atoms with Crippen molar-refractivity contribution in [1.82, 2.24) is 20.1 Å². The van der Waals surface area contributed by atoms with Crippen LogP contribution in [0.3, 0.4) is 0 Å². The van der Waals surface area contributed by atoms with Gasteiger partial charge in [0.2, 0.25) is 0 Å². The van der Waals surface area contributed by atoms with Gasteiger partial charge in [-0.1, -0.05) is 18.2 Å². The minimum Gasteiger partial charge on any atom is -0.361 e. The summed E-state index contributed by atoms with van der Waals surface area (Å²) >= 11 is 0. The van der Waals surface area contributed by atoms with Gasteiger partial charge in [0.1, 0.15) is 0 Å². The molecule has 27 heavy (non-hydrogen) atoms. The zero-order valence-corrected chi connectivity index (χ0v) is 18.6. The van der Waals surface area contributed by atoms with Gasteiger partial charge in [0.15, 0.2) is 5.96 Å². The number of guanidine groups is 1. The fourth-order valence-electron chi connectivity index (χ4n) is 4.49. The summed E-state index contributed by atoms with van der Waals surface area (Å²) in [6, 6.07) is 9.27. The number of H-pyrrole nitrogens is 1. The van der Waals surface area contributed by atoms with Crippen molar-refractivity contribution in [2.75, 3.05) is 39.8 Å². The van der Waals surface area contributed by atoms with Crippen LogP contribution in [0.4, 0.5) is 0 Å². The molecule has 1 aromatic heterocycles. The van der Waals surface area contributed by atoms with E-state index in [2.05, 4.69) is 55.6 Å². The van der Waals surface area contributed by atoms with Crippen LogP contribution < -0.4 is 5.32 Å². The van der Waals surface area contributed by atoms with E-state index in [-0.39, 0.29) is 24.0 Å². The first-order chi connectivity index (χ1) is 12.8. The van der Waals surface area contributed by atoms with E-state index in [0.29, 0.717) is 0 Å². The average molecular weight is 481 g/mol. The van der Waals surface area contributed by atoms with E-state index in [1.807, 2.05) is 7.05 Å². The van der Waals surface area contributed by atoms with E-state index >= 15 is 0 Å². The van der Waals surface area contributed by atoms with Crippen molar-refractivity contribution in [2.45, 2.75) is 38.1 Å². The molecule has 1 unspecified atom stereocenters. The summed E-state index contributed by atoms with van der Waals surface area (Å²) < 4.78 is 0. The van der Waals surface area contributed by atoms with Crippen molar-refractivity contribution in [1.29, 1.82) is 0 Å². The molecule has 0 amide bonds. The van der Waals surface area contributed by atoms with Crippen LogP contribution in [0.15, 0.2) is 35.5 Å². The highest BCUT2D eigenvalue weighted by Crippen LogP contribution is 2.21. The SMILES string of the molecule is CN=C(NCCCc1c[nH]c2ccccc12)N1CCC(N2CCCC2)C1.I. The van der Waals surface area contributed by atoms with E-state index in [9.17, 15) is 0 Å². The molecule has 0 spiro atoms. The third-order valence-corrected chi connectivity index (χ3v) is 5.91. The lowest BCUT2D eigenvalue weighted by atomic mass is 10.1. The van der Waals surface area contributed by atoms with Gasteiger partial charge in [-0.2, -0.15) is 0 Å². The molecule has 0 saturated carbocycles. The van der Waals surface area contributed by atoms with Crippen LogP contribution in [0.25, 0.3) is 10.9 Å². The van der Waals surface area contributed by atoms with Crippen molar-refractivity contribution in [2.24, 2.45) is 4.99 Å². The highest BCUT2D eigenvalue weighted by molar-refractivity contribution is 14.0. The maximum absolute atomic E-state index is 4.52. The number of aromatic amines is 1. The lowest BCUT2D eigenvalue weighted by molar-refractivity contribution is 0.249. The number of aromatic nitrogens is 1. The zero-order chi connectivity index (χ0) is 17.8. The molecule has 2 saturated heterocycles. The quantitative estimate of drug-likeness (QED) is 0.298. The molecule has 1 atom stereocenters. The Kier molecular flexibility index (Phi) is 7.41. The minimum absolute atomic E-state index is 0. The topological polar surface area (TPSA) is 46.7 Å². The molecule has 148 valence electrons. The van der Waals surface area contributed by atoms with Gasteiger partial charge in [-0.05, 0) is 56.8 Å². The van der Waals surface area contributed by atoms with Crippen LogP contribution in [0.5, 0.6) is 0 Å². The molecule has 0 bridgehead atoms. The second kappa shape index (κ2) is 9.78. The molecule has 3 heterocycles. The minimum atomic E-state index is 0. The molecule has 2 aliphatic heterocycles. The summed E-state index contributed by atoms with van der Waals surface area (Å²) in [4.78, 5) is 13.0. The number of fused-ring (bicyclic) bond motifs is 1. The number of halogens is 1. The van der Waals surface area contributed by atoms with Crippen molar-refractivity contribution in [3.63, 3.8) is 0 Å². The Morgan fingerprint density at radius 2 is 2.04 bits per heavy atom. The summed E-state index contributed by atoms with van der Waals surface area (Å²) in [5, 5.41) is 4.93. The molecular weight excluding hydrogens is 449 g/mol. The number of nitrogens with zero attached hydrogens (tertiary/aromatic N) is 3. The van der Waals surface area contributed by atoms with Gasteiger partial charge in [0.25, 0.3) is 0 Å². The number of benzene rings is 1. The molecule has 2 aromatic rings. The first-order valence-electron chi connectivity index (χ1n) is 10.1. The third-order valence-electron chi connectivity index (χ3n) is 5.91. The summed E-state index contributed by atoms with van der Waals surface area (Å²) in [6.45, 7) is 5.80. The van der Waals surface area contributed by atoms with Gasteiger partial charge in [0.05, 0.1) is 0 Å². The van der Waals surface area contributed by atoms with Gasteiger partial charge in [-0.3, -0.25) is 9.89 Å². The van der Waals surface area contributed by atoms with E-state index in [4.69, 9.17) is 0 Å². The lowest BCUT2D eigenvalue weighted by Gasteiger charge is -2.25. The Morgan fingerprint density at radius 3 is 2.85 bits per heavy atom. The van der Waals surface area contributed by atoms with Crippen LogP contribution in [-0.4, -0.2) is 66.6 Å².